The summed E-state index contributed by atoms with van der Waals surface area (Å²) in [4.78, 5) is 29.2. The molecular weight excluding hydrogens is 266 g/mol. The fraction of sp³-hybridized carbons (Fsp3) is 0.875. The van der Waals surface area contributed by atoms with E-state index in [1.165, 1.54) is 0 Å². The van der Waals surface area contributed by atoms with Gasteiger partial charge < -0.3 is 15.1 Å². The molecule has 120 valence electrons. The van der Waals surface area contributed by atoms with Crippen LogP contribution in [0.3, 0.4) is 0 Å². The molecule has 2 rings (SSSR count). The lowest BCUT2D eigenvalue weighted by atomic mass is 9.92. The van der Waals surface area contributed by atoms with Crippen molar-refractivity contribution in [1.29, 1.82) is 0 Å². The van der Waals surface area contributed by atoms with Gasteiger partial charge in [0.25, 0.3) is 0 Å². The van der Waals surface area contributed by atoms with Gasteiger partial charge in [0.1, 0.15) is 12.1 Å². The molecule has 1 N–H and O–H groups in total. The van der Waals surface area contributed by atoms with Gasteiger partial charge in [-0.05, 0) is 46.1 Å². The molecule has 21 heavy (non-hydrogen) atoms. The van der Waals surface area contributed by atoms with Gasteiger partial charge in [-0.2, -0.15) is 0 Å². The fourth-order valence-corrected chi connectivity index (χ4v) is 3.50. The Bertz CT molecular complexity index is 410. The Hall–Kier alpha value is -1.10. The number of likely N-dealkylation sites (tertiary alicyclic amines) is 1. The van der Waals surface area contributed by atoms with Gasteiger partial charge in [-0.25, -0.2) is 0 Å². The molecule has 2 amide bonds. The number of carbonyl (C=O) groups excluding carboxylic acids is 2. The summed E-state index contributed by atoms with van der Waals surface area (Å²) >= 11 is 0. The van der Waals surface area contributed by atoms with E-state index in [0.29, 0.717) is 12.0 Å². The lowest BCUT2D eigenvalue weighted by molar-refractivity contribution is -0.153. The van der Waals surface area contributed by atoms with Crippen LogP contribution >= 0.6 is 0 Å². The number of piperidine rings is 1. The first kappa shape index (κ1) is 16.3. The monoisotopic (exact) mass is 295 g/mol. The Kier molecular flexibility index (Phi) is 4.91. The number of piperazine rings is 1. The van der Waals surface area contributed by atoms with Gasteiger partial charge in [0.2, 0.25) is 11.8 Å². The number of nitrogens with zero attached hydrogens (tertiary/aromatic N) is 2. The predicted octanol–water partition coefficient (Wildman–Crippen LogP) is 1.23. The third kappa shape index (κ3) is 3.39. The van der Waals surface area contributed by atoms with Crippen LogP contribution < -0.4 is 5.32 Å². The Morgan fingerprint density at radius 3 is 2.52 bits per heavy atom. The molecule has 2 fully saturated rings. The Balaban J connectivity index is 2.15. The quantitative estimate of drug-likeness (QED) is 0.852. The molecule has 2 aliphatic heterocycles. The van der Waals surface area contributed by atoms with Crippen LogP contribution in [-0.2, 0) is 9.59 Å². The van der Waals surface area contributed by atoms with Gasteiger partial charge in [0.15, 0.2) is 0 Å². The van der Waals surface area contributed by atoms with E-state index in [1.54, 1.807) is 0 Å². The minimum atomic E-state index is -0.346. The molecule has 2 saturated heterocycles. The molecular formula is C16H29N3O2. The molecule has 4 unspecified atom stereocenters. The van der Waals surface area contributed by atoms with Gasteiger partial charge in [-0.15, -0.1) is 0 Å². The SMILES string of the molecule is CC(C)CC1NC(=O)C(C)N(C2CCN(C)C(C)C2)C1=O. The second-order valence-corrected chi connectivity index (χ2v) is 7.12. The highest BCUT2D eigenvalue weighted by atomic mass is 16.2. The van der Waals surface area contributed by atoms with Crippen LogP contribution in [0, 0.1) is 5.92 Å². The minimum Gasteiger partial charge on any atom is -0.343 e. The molecule has 0 aliphatic carbocycles. The van der Waals surface area contributed by atoms with Gasteiger partial charge >= 0.3 is 0 Å². The molecule has 0 aromatic carbocycles. The van der Waals surface area contributed by atoms with Crippen molar-refractivity contribution < 1.29 is 9.59 Å². The molecule has 0 aromatic rings. The van der Waals surface area contributed by atoms with E-state index >= 15 is 0 Å². The van der Waals surface area contributed by atoms with Crippen molar-refractivity contribution in [2.24, 2.45) is 5.92 Å². The van der Waals surface area contributed by atoms with Crippen LogP contribution in [0.5, 0.6) is 0 Å². The highest BCUT2D eigenvalue weighted by Gasteiger charge is 2.42. The van der Waals surface area contributed by atoms with Gasteiger partial charge in [-0.1, -0.05) is 13.8 Å². The van der Waals surface area contributed by atoms with Gasteiger partial charge in [-0.3, -0.25) is 9.59 Å². The van der Waals surface area contributed by atoms with Crippen molar-refractivity contribution in [3.05, 3.63) is 0 Å². The first-order chi connectivity index (χ1) is 9.81. The van der Waals surface area contributed by atoms with Gasteiger partial charge in [0.05, 0.1) is 0 Å². The third-order valence-corrected chi connectivity index (χ3v) is 4.95. The molecule has 2 aliphatic rings. The second kappa shape index (κ2) is 6.34. The van der Waals surface area contributed by atoms with Crippen molar-refractivity contribution >= 4 is 11.8 Å². The first-order valence-electron chi connectivity index (χ1n) is 8.14. The van der Waals surface area contributed by atoms with Gasteiger partial charge in [0, 0.05) is 18.6 Å². The number of nitrogens with one attached hydrogen (secondary N) is 1. The topological polar surface area (TPSA) is 52.7 Å². The lowest BCUT2D eigenvalue weighted by Gasteiger charge is -2.46. The van der Waals surface area contributed by atoms with Crippen LogP contribution in [0.2, 0.25) is 0 Å². The maximum absolute atomic E-state index is 12.8. The van der Waals surface area contributed by atoms with Crippen LogP contribution in [0.1, 0.15) is 47.0 Å². The Morgan fingerprint density at radius 2 is 1.95 bits per heavy atom. The van der Waals surface area contributed by atoms with Crippen LogP contribution in [-0.4, -0.2) is 59.4 Å². The summed E-state index contributed by atoms with van der Waals surface area (Å²) < 4.78 is 0. The van der Waals surface area contributed by atoms with E-state index in [4.69, 9.17) is 0 Å². The normalized spacial score (nSPS) is 35.2. The van der Waals surface area contributed by atoms with Crippen LogP contribution in [0.4, 0.5) is 0 Å². The average molecular weight is 295 g/mol. The van der Waals surface area contributed by atoms with E-state index in [-0.39, 0.29) is 29.9 Å². The molecule has 2 heterocycles. The van der Waals surface area contributed by atoms with Crippen molar-refractivity contribution in [3.63, 3.8) is 0 Å². The summed E-state index contributed by atoms with van der Waals surface area (Å²) in [5, 5.41) is 2.90. The largest absolute Gasteiger partial charge is 0.343 e. The smallest absolute Gasteiger partial charge is 0.246 e. The van der Waals surface area contributed by atoms with E-state index in [2.05, 4.69) is 38.0 Å². The highest BCUT2D eigenvalue weighted by Crippen LogP contribution is 2.26. The average Bonchev–Trinajstić information content (AvgIpc) is 2.40. The van der Waals surface area contributed by atoms with Crippen molar-refractivity contribution in [1.82, 2.24) is 15.1 Å². The zero-order valence-corrected chi connectivity index (χ0v) is 13.9. The molecule has 5 nitrogen and oxygen atoms in total. The first-order valence-corrected chi connectivity index (χ1v) is 8.14. The number of hydrogen-bond donors (Lipinski definition) is 1. The summed E-state index contributed by atoms with van der Waals surface area (Å²) in [5.41, 5.74) is 0. The number of amides is 2. The second-order valence-electron chi connectivity index (χ2n) is 7.12. The van der Waals surface area contributed by atoms with Crippen molar-refractivity contribution in [3.8, 4) is 0 Å². The van der Waals surface area contributed by atoms with Crippen molar-refractivity contribution in [2.45, 2.75) is 71.1 Å². The van der Waals surface area contributed by atoms with E-state index in [1.807, 2.05) is 11.8 Å². The summed E-state index contributed by atoms with van der Waals surface area (Å²) in [6, 6.07) is -0.0399. The zero-order chi connectivity index (χ0) is 15.7. The molecule has 5 heteroatoms. The zero-order valence-electron chi connectivity index (χ0n) is 13.9. The van der Waals surface area contributed by atoms with E-state index in [0.717, 1.165) is 25.8 Å². The Morgan fingerprint density at radius 1 is 1.29 bits per heavy atom. The summed E-state index contributed by atoms with van der Waals surface area (Å²) in [6.07, 6.45) is 2.63. The standard InChI is InChI=1S/C16H29N3O2/c1-10(2)8-14-16(21)19(12(4)15(20)17-14)13-6-7-18(5)11(3)9-13/h10-14H,6-9H2,1-5H3,(H,17,20). The number of rotatable bonds is 3. The third-order valence-electron chi connectivity index (χ3n) is 4.95. The van der Waals surface area contributed by atoms with E-state index < -0.39 is 0 Å². The van der Waals surface area contributed by atoms with E-state index in [9.17, 15) is 9.59 Å². The lowest BCUT2D eigenvalue weighted by Crippen LogP contribution is -2.66. The summed E-state index contributed by atoms with van der Waals surface area (Å²) in [7, 11) is 2.12. The minimum absolute atomic E-state index is 0.00756. The highest BCUT2D eigenvalue weighted by molar-refractivity contribution is 5.96. The fourth-order valence-electron chi connectivity index (χ4n) is 3.50. The maximum atomic E-state index is 12.8. The predicted molar refractivity (Wildman–Crippen MR) is 82.8 cm³/mol. The molecule has 4 atom stereocenters. The van der Waals surface area contributed by atoms with Crippen LogP contribution in [0.25, 0.3) is 0 Å². The molecule has 0 spiro atoms. The Labute approximate surface area is 128 Å². The number of carbonyl (C=O) groups is 2. The van der Waals surface area contributed by atoms with Crippen molar-refractivity contribution in [2.75, 3.05) is 13.6 Å². The summed E-state index contributed by atoms with van der Waals surface area (Å²) in [6.45, 7) is 9.19. The molecule has 0 bridgehead atoms. The summed E-state index contributed by atoms with van der Waals surface area (Å²) in [5.74, 6) is 0.496. The number of hydrogen-bond acceptors (Lipinski definition) is 3. The molecule has 0 radical (unpaired) electrons. The maximum Gasteiger partial charge on any atom is 0.246 e. The molecule has 0 saturated carbocycles. The van der Waals surface area contributed by atoms with Crippen LogP contribution in [0.15, 0.2) is 0 Å². The molecule has 0 aromatic heterocycles.